The van der Waals surface area contributed by atoms with Gasteiger partial charge in [-0.2, -0.15) is 0 Å². The first-order valence-corrected chi connectivity index (χ1v) is 5.50. The number of morpholine rings is 1. The first-order chi connectivity index (χ1) is 8.04. The van der Waals surface area contributed by atoms with E-state index in [-0.39, 0.29) is 17.7 Å². The molecule has 0 saturated carbocycles. The van der Waals surface area contributed by atoms with E-state index in [4.69, 9.17) is 4.74 Å². The largest absolute Gasteiger partial charge is 0.573 e. The minimum absolute atomic E-state index is 0.134. The number of hydrogen-bond donors (Lipinski definition) is 1. The van der Waals surface area contributed by atoms with Crippen molar-refractivity contribution in [1.82, 2.24) is 5.32 Å². The van der Waals surface area contributed by atoms with E-state index in [0.29, 0.717) is 19.6 Å². The van der Waals surface area contributed by atoms with E-state index in [2.05, 4.69) is 10.1 Å². The molecule has 0 radical (unpaired) electrons. The lowest BCUT2D eigenvalue weighted by molar-refractivity contribution is -0.303. The number of rotatable bonds is 2. The van der Waals surface area contributed by atoms with Gasteiger partial charge in [0.15, 0.2) is 0 Å². The van der Waals surface area contributed by atoms with E-state index in [1.807, 2.05) is 0 Å². The molecule has 96 valence electrons. The zero-order valence-electron chi connectivity index (χ0n) is 9.17. The molecule has 17 heavy (non-hydrogen) atoms. The molecule has 1 aliphatic heterocycles. The van der Waals surface area contributed by atoms with Crippen molar-refractivity contribution in [3.8, 4) is 0 Å². The van der Waals surface area contributed by atoms with Crippen molar-refractivity contribution in [2.24, 2.45) is 5.92 Å². The summed E-state index contributed by atoms with van der Waals surface area (Å²) in [7, 11) is 0. The Morgan fingerprint density at radius 3 is 2.76 bits per heavy atom. The zero-order chi connectivity index (χ0) is 12.3. The summed E-state index contributed by atoms with van der Waals surface area (Å²) in [6, 6.07) is 0.170. The maximum Gasteiger partial charge on any atom is 0.573 e. The molecule has 6 heteroatoms. The van der Waals surface area contributed by atoms with Gasteiger partial charge in [-0.15, -0.1) is 13.2 Å². The van der Waals surface area contributed by atoms with Gasteiger partial charge in [0.1, 0.15) is 5.76 Å². The van der Waals surface area contributed by atoms with Gasteiger partial charge in [0, 0.05) is 12.6 Å². The normalized spacial score (nSPS) is 29.9. The fourth-order valence-electron chi connectivity index (χ4n) is 1.99. The Balaban J connectivity index is 1.86. The molecule has 1 unspecified atom stereocenters. The topological polar surface area (TPSA) is 30.5 Å². The summed E-state index contributed by atoms with van der Waals surface area (Å²) < 4.78 is 45.0. The summed E-state index contributed by atoms with van der Waals surface area (Å²) >= 11 is 0. The highest BCUT2D eigenvalue weighted by Crippen LogP contribution is 2.26. The van der Waals surface area contributed by atoms with Crippen LogP contribution in [0.1, 0.15) is 6.42 Å². The first-order valence-electron chi connectivity index (χ1n) is 5.50. The van der Waals surface area contributed by atoms with Gasteiger partial charge in [0.05, 0.1) is 13.2 Å². The van der Waals surface area contributed by atoms with E-state index in [1.165, 1.54) is 12.2 Å². The summed E-state index contributed by atoms with van der Waals surface area (Å²) in [6.07, 6.45) is 0.498. The van der Waals surface area contributed by atoms with Crippen molar-refractivity contribution in [3.05, 3.63) is 24.0 Å². The van der Waals surface area contributed by atoms with Crippen LogP contribution in [0.25, 0.3) is 0 Å². The maximum absolute atomic E-state index is 12.0. The average Bonchev–Trinajstić information content (AvgIpc) is 2.29. The molecule has 0 bridgehead atoms. The summed E-state index contributed by atoms with van der Waals surface area (Å²) in [4.78, 5) is 0. The predicted octanol–water partition coefficient (Wildman–Crippen LogP) is 1.97. The van der Waals surface area contributed by atoms with Crippen molar-refractivity contribution in [2.45, 2.75) is 18.8 Å². The lowest BCUT2D eigenvalue weighted by Crippen LogP contribution is -2.45. The minimum Gasteiger partial charge on any atom is -0.406 e. The molecule has 2 atom stereocenters. The Morgan fingerprint density at radius 1 is 1.41 bits per heavy atom. The summed E-state index contributed by atoms with van der Waals surface area (Å²) in [5.41, 5.74) is 0. The lowest BCUT2D eigenvalue weighted by Gasteiger charge is -2.30. The number of alkyl halides is 3. The van der Waals surface area contributed by atoms with Crippen LogP contribution in [-0.2, 0) is 9.47 Å². The molecule has 0 aromatic heterocycles. The summed E-state index contributed by atoms with van der Waals surface area (Å²) in [6.45, 7) is 2.06. The highest BCUT2D eigenvalue weighted by molar-refractivity contribution is 5.19. The molecule has 0 amide bonds. The van der Waals surface area contributed by atoms with Gasteiger partial charge < -0.3 is 14.8 Å². The van der Waals surface area contributed by atoms with Crippen molar-refractivity contribution >= 4 is 0 Å². The van der Waals surface area contributed by atoms with Crippen LogP contribution >= 0.6 is 0 Å². The van der Waals surface area contributed by atoms with Crippen LogP contribution in [0.4, 0.5) is 13.2 Å². The third-order valence-electron chi connectivity index (χ3n) is 2.80. The van der Waals surface area contributed by atoms with Crippen LogP contribution in [0, 0.1) is 5.92 Å². The van der Waals surface area contributed by atoms with E-state index >= 15 is 0 Å². The smallest absolute Gasteiger partial charge is 0.406 e. The molecule has 1 N–H and O–H groups in total. The van der Waals surface area contributed by atoms with Crippen LogP contribution < -0.4 is 5.32 Å². The van der Waals surface area contributed by atoms with Crippen LogP contribution in [0.5, 0.6) is 0 Å². The molecular weight excluding hydrogens is 235 g/mol. The highest BCUT2D eigenvalue weighted by Gasteiger charge is 2.32. The second-order valence-corrected chi connectivity index (χ2v) is 4.05. The molecule has 1 saturated heterocycles. The van der Waals surface area contributed by atoms with Crippen LogP contribution in [0.15, 0.2) is 24.0 Å². The molecule has 1 aliphatic carbocycles. The second-order valence-electron chi connectivity index (χ2n) is 4.05. The second kappa shape index (κ2) is 5.10. The summed E-state index contributed by atoms with van der Waals surface area (Å²) in [5.74, 6) is 0.0290. The minimum atomic E-state index is -4.62. The van der Waals surface area contributed by atoms with E-state index < -0.39 is 6.36 Å². The van der Waals surface area contributed by atoms with Crippen molar-refractivity contribution in [3.63, 3.8) is 0 Å². The van der Waals surface area contributed by atoms with Crippen LogP contribution in [-0.4, -0.2) is 32.2 Å². The van der Waals surface area contributed by atoms with Crippen molar-refractivity contribution in [2.75, 3.05) is 19.8 Å². The Labute approximate surface area is 97.3 Å². The predicted molar refractivity (Wildman–Crippen MR) is 55.1 cm³/mol. The molecule has 2 aliphatic rings. The third-order valence-corrected chi connectivity index (χ3v) is 2.80. The molecule has 0 spiro atoms. The number of halogens is 3. The van der Waals surface area contributed by atoms with E-state index in [1.54, 1.807) is 6.08 Å². The Morgan fingerprint density at radius 2 is 2.24 bits per heavy atom. The van der Waals surface area contributed by atoms with Crippen LogP contribution in [0.3, 0.4) is 0 Å². The maximum atomic E-state index is 12.0. The first kappa shape index (κ1) is 12.4. The van der Waals surface area contributed by atoms with Crippen LogP contribution in [0.2, 0.25) is 0 Å². The molecule has 0 aromatic carbocycles. The lowest BCUT2D eigenvalue weighted by atomic mass is 9.92. The van der Waals surface area contributed by atoms with E-state index in [0.717, 1.165) is 6.54 Å². The Hall–Kier alpha value is -1.01. The average molecular weight is 249 g/mol. The fourth-order valence-corrected chi connectivity index (χ4v) is 1.99. The molecular formula is C11H14F3NO2. The Bertz CT molecular complexity index is 319. The van der Waals surface area contributed by atoms with Gasteiger partial charge in [-0.05, 0) is 24.5 Å². The molecule has 2 rings (SSSR count). The van der Waals surface area contributed by atoms with Gasteiger partial charge in [-0.3, -0.25) is 0 Å². The number of nitrogens with one attached hydrogen (secondary N) is 1. The van der Waals surface area contributed by atoms with Gasteiger partial charge in [0.25, 0.3) is 0 Å². The molecule has 1 heterocycles. The molecule has 3 nitrogen and oxygen atoms in total. The van der Waals surface area contributed by atoms with Gasteiger partial charge in [-0.1, -0.05) is 6.08 Å². The number of allylic oxidation sites excluding steroid dienone is 2. The monoisotopic (exact) mass is 249 g/mol. The van der Waals surface area contributed by atoms with E-state index in [9.17, 15) is 13.2 Å². The number of ether oxygens (including phenoxy) is 2. The molecule has 0 aromatic rings. The third kappa shape index (κ3) is 3.74. The standard InChI is InChI=1S/C11H14F3NO2/c12-11(13,14)17-9-3-1-8(2-4-9)10-7-16-6-5-15-10/h1,3-4,8,10,15H,2,5-7H2/t8?,10-/m1/s1. The Kier molecular flexibility index (Phi) is 3.73. The quantitative estimate of drug-likeness (QED) is 0.811. The fraction of sp³-hybridized carbons (Fsp3) is 0.636. The van der Waals surface area contributed by atoms with Crippen molar-refractivity contribution < 1.29 is 22.6 Å². The van der Waals surface area contributed by atoms with Gasteiger partial charge >= 0.3 is 6.36 Å². The van der Waals surface area contributed by atoms with Crippen molar-refractivity contribution in [1.29, 1.82) is 0 Å². The number of hydrogen-bond acceptors (Lipinski definition) is 3. The zero-order valence-corrected chi connectivity index (χ0v) is 9.17. The van der Waals surface area contributed by atoms with Gasteiger partial charge in [-0.25, -0.2) is 0 Å². The van der Waals surface area contributed by atoms with Gasteiger partial charge in [0.2, 0.25) is 0 Å². The molecule has 1 fully saturated rings. The SMILES string of the molecule is FC(F)(F)OC1=CCC([C@H]2COCCN2)C=C1. The summed E-state index contributed by atoms with van der Waals surface area (Å²) in [5, 5.41) is 3.28. The highest BCUT2D eigenvalue weighted by atomic mass is 19.4.